The van der Waals surface area contributed by atoms with Gasteiger partial charge in [0.05, 0.1) is 4.92 Å². The molecule has 0 aromatic heterocycles. The third kappa shape index (κ3) is 3.38. The number of carbonyl (C=O) groups is 1. The summed E-state index contributed by atoms with van der Waals surface area (Å²) in [4.78, 5) is 23.8. The maximum Gasteiger partial charge on any atom is 0.269 e. The van der Waals surface area contributed by atoms with Crippen LogP contribution < -0.4 is 4.90 Å². The van der Waals surface area contributed by atoms with Crippen LogP contribution in [0.4, 0.5) is 17.1 Å². The van der Waals surface area contributed by atoms with Gasteiger partial charge in [0.1, 0.15) is 5.88 Å². The number of hydrogen-bond acceptors (Lipinski definition) is 3. The van der Waals surface area contributed by atoms with E-state index in [2.05, 4.69) is 0 Å². The van der Waals surface area contributed by atoms with Gasteiger partial charge in [-0.3, -0.25) is 19.8 Å². The fourth-order valence-corrected chi connectivity index (χ4v) is 2.11. The molecule has 0 aliphatic rings. The molecule has 0 aliphatic heterocycles. The number of carbonyl (C=O) groups excluding carboxylic acids is 1. The summed E-state index contributed by atoms with van der Waals surface area (Å²) in [7, 11) is 0. The fraction of sp³-hybridized carbons (Fsp3) is 0.133. The number of aryl methyl sites for hydroxylation is 1. The molecule has 108 valence electrons. The predicted molar refractivity (Wildman–Crippen MR) is 82.1 cm³/mol. The number of halogens is 1. The van der Waals surface area contributed by atoms with Gasteiger partial charge in [0, 0.05) is 23.5 Å². The van der Waals surface area contributed by atoms with E-state index in [1.165, 1.54) is 29.2 Å². The summed E-state index contributed by atoms with van der Waals surface area (Å²) < 4.78 is 0. The Morgan fingerprint density at radius 1 is 1.19 bits per heavy atom. The summed E-state index contributed by atoms with van der Waals surface area (Å²) >= 11 is 5.67. The van der Waals surface area contributed by atoms with Crippen molar-refractivity contribution < 1.29 is 9.72 Å². The maximum atomic E-state index is 12.1. The Morgan fingerprint density at radius 3 is 2.38 bits per heavy atom. The molecule has 0 unspecified atom stereocenters. The minimum Gasteiger partial charge on any atom is -0.280 e. The highest BCUT2D eigenvalue weighted by atomic mass is 35.5. The number of alkyl halides is 1. The molecule has 0 bridgehead atoms. The van der Waals surface area contributed by atoms with E-state index >= 15 is 0 Å². The minimum absolute atomic E-state index is 0.0266. The largest absolute Gasteiger partial charge is 0.280 e. The van der Waals surface area contributed by atoms with Crippen molar-refractivity contribution in [2.45, 2.75) is 6.92 Å². The summed E-state index contributed by atoms with van der Waals surface area (Å²) in [5, 5.41) is 10.7. The summed E-state index contributed by atoms with van der Waals surface area (Å²) in [5.41, 5.74) is 2.19. The third-order valence-electron chi connectivity index (χ3n) is 2.94. The first-order valence-corrected chi connectivity index (χ1v) is 6.76. The van der Waals surface area contributed by atoms with Gasteiger partial charge in [0.15, 0.2) is 0 Å². The number of non-ortho nitro benzene ring substituents is 1. The van der Waals surface area contributed by atoms with E-state index < -0.39 is 4.92 Å². The monoisotopic (exact) mass is 304 g/mol. The molecule has 0 fully saturated rings. The third-order valence-corrected chi connectivity index (χ3v) is 3.17. The summed E-state index contributed by atoms with van der Waals surface area (Å²) in [5.74, 6) is -0.471. The van der Waals surface area contributed by atoms with Crippen LogP contribution in [0.15, 0.2) is 48.5 Å². The van der Waals surface area contributed by atoms with Crippen LogP contribution in [-0.2, 0) is 4.79 Å². The molecule has 0 saturated heterocycles. The lowest BCUT2D eigenvalue weighted by atomic mass is 10.2. The van der Waals surface area contributed by atoms with E-state index in [0.717, 1.165) is 5.56 Å². The lowest BCUT2D eigenvalue weighted by Gasteiger charge is -2.22. The van der Waals surface area contributed by atoms with Gasteiger partial charge in [-0.2, -0.15) is 0 Å². The Hall–Kier alpha value is -2.40. The minimum atomic E-state index is -0.482. The standard InChI is InChI=1S/C15H13ClN2O3/c1-11-3-2-4-14(9-11)17(15(19)10-16)12-5-7-13(8-6-12)18(20)21/h2-9H,10H2,1H3. The van der Waals surface area contributed by atoms with Crippen LogP contribution in [0.3, 0.4) is 0 Å². The number of nitro benzene ring substituents is 1. The van der Waals surface area contributed by atoms with Crippen LogP contribution in [0, 0.1) is 17.0 Å². The number of anilines is 2. The quantitative estimate of drug-likeness (QED) is 0.490. The smallest absolute Gasteiger partial charge is 0.269 e. The normalized spacial score (nSPS) is 10.2. The van der Waals surface area contributed by atoms with Gasteiger partial charge in [0.2, 0.25) is 5.91 Å². The van der Waals surface area contributed by atoms with E-state index in [-0.39, 0.29) is 17.5 Å². The maximum absolute atomic E-state index is 12.1. The molecule has 0 spiro atoms. The van der Waals surface area contributed by atoms with Crippen LogP contribution in [0.25, 0.3) is 0 Å². The van der Waals surface area contributed by atoms with Gasteiger partial charge < -0.3 is 0 Å². The molecule has 2 aromatic carbocycles. The number of amides is 1. The molecule has 0 aliphatic carbocycles. The van der Waals surface area contributed by atoms with Gasteiger partial charge in [-0.05, 0) is 36.8 Å². The molecule has 0 heterocycles. The zero-order valence-corrected chi connectivity index (χ0v) is 12.1. The van der Waals surface area contributed by atoms with Crippen molar-refractivity contribution in [2.24, 2.45) is 0 Å². The second-order valence-electron chi connectivity index (χ2n) is 4.48. The molecule has 0 radical (unpaired) electrons. The average Bonchev–Trinajstić information content (AvgIpc) is 2.48. The van der Waals surface area contributed by atoms with E-state index in [4.69, 9.17) is 11.6 Å². The first-order valence-electron chi connectivity index (χ1n) is 6.23. The second kappa shape index (κ2) is 6.37. The van der Waals surface area contributed by atoms with E-state index in [9.17, 15) is 14.9 Å². The highest BCUT2D eigenvalue weighted by Crippen LogP contribution is 2.28. The Balaban J connectivity index is 2.45. The lowest BCUT2D eigenvalue weighted by Crippen LogP contribution is -2.26. The topological polar surface area (TPSA) is 63.5 Å². The number of benzene rings is 2. The Bertz CT molecular complexity index is 671. The van der Waals surface area contributed by atoms with Gasteiger partial charge in [-0.15, -0.1) is 11.6 Å². The molecule has 1 amide bonds. The average molecular weight is 305 g/mol. The molecule has 5 nitrogen and oxygen atoms in total. The van der Waals surface area contributed by atoms with Gasteiger partial charge in [-0.25, -0.2) is 0 Å². The summed E-state index contributed by atoms with van der Waals surface area (Å²) in [6, 6.07) is 13.2. The Labute approximate surface area is 126 Å². The first kappa shape index (κ1) is 15.0. The molecular formula is C15H13ClN2O3. The molecular weight excluding hydrogens is 292 g/mol. The van der Waals surface area contributed by atoms with Crippen molar-refractivity contribution in [3.05, 3.63) is 64.2 Å². The van der Waals surface area contributed by atoms with Gasteiger partial charge in [0.25, 0.3) is 5.69 Å². The van der Waals surface area contributed by atoms with E-state index in [0.29, 0.717) is 11.4 Å². The second-order valence-corrected chi connectivity index (χ2v) is 4.74. The summed E-state index contributed by atoms with van der Waals surface area (Å²) in [6.07, 6.45) is 0. The van der Waals surface area contributed by atoms with Crippen LogP contribution in [0.5, 0.6) is 0 Å². The zero-order valence-electron chi connectivity index (χ0n) is 11.3. The molecule has 0 N–H and O–H groups in total. The molecule has 21 heavy (non-hydrogen) atoms. The van der Waals surface area contributed by atoms with Gasteiger partial charge >= 0.3 is 0 Å². The molecule has 2 rings (SSSR count). The van der Waals surface area contributed by atoms with Crippen LogP contribution in [0.1, 0.15) is 5.56 Å². The SMILES string of the molecule is Cc1cccc(N(C(=O)CCl)c2ccc([N+](=O)[O-])cc2)c1. The number of nitro groups is 1. The Morgan fingerprint density at radius 2 is 1.86 bits per heavy atom. The summed E-state index contributed by atoms with van der Waals surface area (Å²) in [6.45, 7) is 1.92. The lowest BCUT2D eigenvalue weighted by molar-refractivity contribution is -0.384. The van der Waals surface area contributed by atoms with Gasteiger partial charge in [-0.1, -0.05) is 12.1 Å². The van der Waals surface area contributed by atoms with Crippen LogP contribution in [0.2, 0.25) is 0 Å². The van der Waals surface area contributed by atoms with Crippen molar-refractivity contribution >= 4 is 34.6 Å². The van der Waals surface area contributed by atoms with E-state index in [1.807, 2.05) is 25.1 Å². The molecule has 6 heteroatoms. The van der Waals surface area contributed by atoms with Crippen molar-refractivity contribution in [2.75, 3.05) is 10.8 Å². The van der Waals surface area contributed by atoms with Crippen LogP contribution in [-0.4, -0.2) is 16.7 Å². The van der Waals surface area contributed by atoms with Crippen LogP contribution >= 0.6 is 11.6 Å². The van der Waals surface area contributed by atoms with Crippen molar-refractivity contribution in [3.8, 4) is 0 Å². The number of rotatable bonds is 4. The van der Waals surface area contributed by atoms with Crippen molar-refractivity contribution in [3.63, 3.8) is 0 Å². The van der Waals surface area contributed by atoms with E-state index in [1.54, 1.807) is 6.07 Å². The fourth-order valence-electron chi connectivity index (χ4n) is 1.99. The molecule has 0 saturated carbocycles. The first-order chi connectivity index (χ1) is 10.0. The van der Waals surface area contributed by atoms with Crippen molar-refractivity contribution in [1.82, 2.24) is 0 Å². The van der Waals surface area contributed by atoms with Crippen molar-refractivity contribution in [1.29, 1.82) is 0 Å². The molecule has 2 aromatic rings. The number of nitrogens with zero attached hydrogens (tertiary/aromatic N) is 2. The predicted octanol–water partition coefficient (Wildman–Crippen LogP) is 3.81. The Kier molecular flexibility index (Phi) is 4.55. The highest BCUT2D eigenvalue weighted by molar-refractivity contribution is 6.30. The highest BCUT2D eigenvalue weighted by Gasteiger charge is 2.18. The number of hydrogen-bond donors (Lipinski definition) is 0. The zero-order chi connectivity index (χ0) is 15.4. The molecule has 0 atom stereocenters.